The number of allylic oxidation sites excluding steroid dienone is 1. The Hall–Kier alpha value is -0.480. The highest BCUT2D eigenvalue weighted by molar-refractivity contribution is 5.10. The molecule has 0 aromatic carbocycles. The molecule has 54 valence electrons. The Kier molecular flexibility index (Phi) is 1.65. The molecule has 0 aromatic rings. The monoisotopic (exact) mass is 134 g/mol. The number of hydrogen-bond acceptors (Lipinski definition) is 0. The van der Waals surface area contributed by atoms with Crippen LogP contribution in [0.2, 0.25) is 0 Å². The molecule has 0 heterocycles. The van der Waals surface area contributed by atoms with Crippen molar-refractivity contribution in [3.8, 4) is 0 Å². The van der Waals surface area contributed by atoms with E-state index in [9.17, 15) is 0 Å². The average molecular weight is 134 g/mol. The third kappa shape index (κ3) is 1.17. The molecular formula is C10H14. The molecule has 0 N–H and O–H groups in total. The zero-order valence-corrected chi connectivity index (χ0v) is 6.40. The van der Waals surface area contributed by atoms with Gasteiger partial charge in [0.1, 0.15) is 0 Å². The zero-order valence-electron chi connectivity index (χ0n) is 6.40. The lowest BCUT2D eigenvalue weighted by Gasteiger charge is -2.25. The topological polar surface area (TPSA) is 0 Å². The molecule has 0 amide bonds. The van der Waals surface area contributed by atoms with Gasteiger partial charge in [0.2, 0.25) is 0 Å². The van der Waals surface area contributed by atoms with Gasteiger partial charge < -0.3 is 0 Å². The summed E-state index contributed by atoms with van der Waals surface area (Å²) in [6.07, 6.45) is 10.5. The van der Waals surface area contributed by atoms with Gasteiger partial charge in [-0.15, -0.1) is 5.73 Å². The maximum atomic E-state index is 3.35. The molecule has 0 aromatic heterocycles. The average Bonchev–Trinajstić information content (AvgIpc) is 2.29. The Morgan fingerprint density at radius 3 is 2.90 bits per heavy atom. The van der Waals surface area contributed by atoms with Gasteiger partial charge >= 0.3 is 0 Å². The van der Waals surface area contributed by atoms with Crippen LogP contribution >= 0.6 is 0 Å². The number of hydrogen-bond donors (Lipinski definition) is 0. The predicted molar refractivity (Wildman–Crippen MR) is 42.8 cm³/mol. The van der Waals surface area contributed by atoms with Crippen molar-refractivity contribution in [1.82, 2.24) is 0 Å². The fourth-order valence-corrected chi connectivity index (χ4v) is 1.74. The van der Waals surface area contributed by atoms with Gasteiger partial charge in [-0.25, -0.2) is 0 Å². The Morgan fingerprint density at radius 1 is 1.50 bits per heavy atom. The lowest BCUT2D eigenvalue weighted by atomic mass is 9.81. The maximum Gasteiger partial charge on any atom is -0.0203 e. The van der Waals surface area contributed by atoms with Crippen molar-refractivity contribution in [3.05, 3.63) is 17.4 Å². The van der Waals surface area contributed by atoms with Crippen LogP contribution in [-0.2, 0) is 0 Å². The minimum atomic E-state index is 1.04. The van der Waals surface area contributed by atoms with Gasteiger partial charge in [-0.05, 0) is 36.8 Å². The molecule has 1 fully saturated rings. The van der Waals surface area contributed by atoms with E-state index in [2.05, 4.69) is 11.8 Å². The van der Waals surface area contributed by atoms with Crippen molar-refractivity contribution in [2.45, 2.75) is 38.5 Å². The van der Waals surface area contributed by atoms with E-state index in [1.54, 1.807) is 5.57 Å². The Balaban J connectivity index is 1.84. The summed E-state index contributed by atoms with van der Waals surface area (Å²) >= 11 is 0. The molecule has 0 nitrogen and oxygen atoms in total. The lowest BCUT2D eigenvalue weighted by Crippen LogP contribution is -2.10. The van der Waals surface area contributed by atoms with Crippen LogP contribution in [0.3, 0.4) is 0 Å². The van der Waals surface area contributed by atoms with E-state index < -0.39 is 0 Å². The van der Waals surface area contributed by atoms with E-state index in [1.807, 2.05) is 0 Å². The van der Waals surface area contributed by atoms with Crippen LogP contribution in [0.15, 0.2) is 17.4 Å². The summed E-state index contributed by atoms with van der Waals surface area (Å²) in [7, 11) is 0. The molecule has 1 saturated carbocycles. The standard InChI is InChI=1S/C10H14/c1-2-5-9(4-1)8-10-6-3-7-10/h1,10H,2-3,5-8H2. The quantitative estimate of drug-likeness (QED) is 0.509. The molecule has 2 rings (SSSR count). The summed E-state index contributed by atoms with van der Waals surface area (Å²) in [5.41, 5.74) is 4.94. The minimum absolute atomic E-state index is 1.04. The molecule has 10 heavy (non-hydrogen) atoms. The highest BCUT2D eigenvalue weighted by Gasteiger charge is 2.18. The van der Waals surface area contributed by atoms with Gasteiger partial charge in [-0.3, -0.25) is 0 Å². The second kappa shape index (κ2) is 2.64. The highest BCUT2D eigenvalue weighted by atomic mass is 14.2. The zero-order chi connectivity index (χ0) is 6.81. The lowest BCUT2D eigenvalue weighted by molar-refractivity contribution is 0.312. The molecule has 0 heteroatoms. The fourth-order valence-electron chi connectivity index (χ4n) is 1.74. The van der Waals surface area contributed by atoms with Gasteiger partial charge in [0.05, 0.1) is 0 Å². The van der Waals surface area contributed by atoms with Crippen molar-refractivity contribution in [2.24, 2.45) is 5.92 Å². The van der Waals surface area contributed by atoms with Gasteiger partial charge in [-0.1, -0.05) is 19.3 Å². The smallest absolute Gasteiger partial charge is 0.0203 e. The van der Waals surface area contributed by atoms with Gasteiger partial charge in [0, 0.05) is 0 Å². The van der Waals surface area contributed by atoms with Crippen LogP contribution in [0.5, 0.6) is 0 Å². The molecule has 0 saturated heterocycles. The van der Waals surface area contributed by atoms with Crippen LogP contribution in [0.1, 0.15) is 38.5 Å². The van der Waals surface area contributed by atoms with Crippen molar-refractivity contribution < 1.29 is 0 Å². The van der Waals surface area contributed by atoms with Crippen molar-refractivity contribution in [3.63, 3.8) is 0 Å². The summed E-state index contributed by atoms with van der Waals surface area (Å²) < 4.78 is 0. The molecule has 0 radical (unpaired) electrons. The van der Waals surface area contributed by atoms with E-state index >= 15 is 0 Å². The normalized spacial score (nSPS) is 24.6. The highest BCUT2D eigenvalue weighted by Crippen LogP contribution is 2.33. The Morgan fingerprint density at radius 2 is 2.40 bits per heavy atom. The SMILES string of the molecule is C1=CCCC=1CC1CCC1. The van der Waals surface area contributed by atoms with Crippen molar-refractivity contribution in [2.75, 3.05) is 0 Å². The van der Waals surface area contributed by atoms with E-state index in [0.29, 0.717) is 0 Å². The van der Waals surface area contributed by atoms with E-state index in [1.165, 1.54) is 38.5 Å². The molecule has 0 atom stereocenters. The largest absolute Gasteiger partial charge is 0.126 e. The second-order valence-corrected chi connectivity index (χ2v) is 3.49. The molecule has 0 spiro atoms. The first-order valence-electron chi connectivity index (χ1n) is 4.38. The van der Waals surface area contributed by atoms with E-state index in [4.69, 9.17) is 0 Å². The van der Waals surface area contributed by atoms with E-state index in [-0.39, 0.29) is 0 Å². The van der Waals surface area contributed by atoms with E-state index in [0.717, 1.165) is 5.92 Å². The second-order valence-electron chi connectivity index (χ2n) is 3.49. The molecule has 0 bridgehead atoms. The van der Waals surface area contributed by atoms with Crippen LogP contribution < -0.4 is 0 Å². The minimum Gasteiger partial charge on any atom is -0.126 e. The van der Waals surface area contributed by atoms with Crippen LogP contribution in [-0.4, -0.2) is 0 Å². The molecule has 0 unspecified atom stereocenters. The Labute approximate surface area is 62.6 Å². The van der Waals surface area contributed by atoms with Crippen molar-refractivity contribution >= 4 is 0 Å². The van der Waals surface area contributed by atoms with Gasteiger partial charge in [0.25, 0.3) is 0 Å². The number of rotatable bonds is 2. The van der Waals surface area contributed by atoms with Gasteiger partial charge in [-0.2, -0.15) is 0 Å². The third-order valence-electron chi connectivity index (χ3n) is 2.66. The summed E-state index contributed by atoms with van der Waals surface area (Å²) in [5, 5.41) is 0. The molecule has 2 aliphatic carbocycles. The summed E-state index contributed by atoms with van der Waals surface area (Å²) in [4.78, 5) is 0. The summed E-state index contributed by atoms with van der Waals surface area (Å²) in [6, 6.07) is 0. The first-order chi connectivity index (χ1) is 4.95. The molecular weight excluding hydrogens is 120 g/mol. The van der Waals surface area contributed by atoms with Gasteiger partial charge in [0.15, 0.2) is 0 Å². The van der Waals surface area contributed by atoms with Crippen LogP contribution in [0.4, 0.5) is 0 Å². The molecule has 0 aliphatic heterocycles. The Bertz CT molecular complexity index is 178. The third-order valence-corrected chi connectivity index (χ3v) is 2.66. The summed E-state index contributed by atoms with van der Waals surface area (Å²) in [5.74, 6) is 1.04. The fraction of sp³-hybridized carbons (Fsp3) is 0.700. The van der Waals surface area contributed by atoms with Crippen molar-refractivity contribution in [1.29, 1.82) is 0 Å². The maximum absolute atomic E-state index is 3.35. The first-order valence-corrected chi connectivity index (χ1v) is 4.38. The first kappa shape index (κ1) is 6.24. The molecule has 2 aliphatic rings. The van der Waals surface area contributed by atoms with Crippen LogP contribution in [0.25, 0.3) is 0 Å². The predicted octanol–water partition coefficient (Wildman–Crippen LogP) is 3.05. The van der Waals surface area contributed by atoms with Crippen LogP contribution in [0, 0.1) is 5.92 Å². The summed E-state index contributed by atoms with van der Waals surface area (Å²) in [6.45, 7) is 0.